The van der Waals surface area contributed by atoms with Crippen LogP contribution in [0.5, 0.6) is 0 Å². The molecule has 0 aromatic rings. The van der Waals surface area contributed by atoms with Gasteiger partial charge in [0.15, 0.2) is 0 Å². The lowest BCUT2D eigenvalue weighted by Gasteiger charge is -2.12. The first-order chi connectivity index (χ1) is 6.08. The van der Waals surface area contributed by atoms with E-state index in [1.165, 1.54) is 5.57 Å². The minimum absolute atomic E-state index is 0.586. The molecule has 3 nitrogen and oxygen atoms in total. The molecule has 1 saturated heterocycles. The molecule has 78 valence electrons. The van der Waals surface area contributed by atoms with E-state index in [9.17, 15) is 0 Å². The van der Waals surface area contributed by atoms with Crippen LogP contribution in [0.3, 0.4) is 0 Å². The van der Waals surface area contributed by atoms with Crippen molar-refractivity contribution in [2.24, 2.45) is 17.5 Å². The summed E-state index contributed by atoms with van der Waals surface area (Å²) in [5.74, 6) is 6.19. The second-order valence-corrected chi connectivity index (χ2v) is 3.53. The number of hydrogen-bond donors (Lipinski definition) is 2. The number of rotatable bonds is 3. The van der Waals surface area contributed by atoms with Crippen molar-refractivity contribution in [2.45, 2.75) is 33.2 Å². The number of nitrogens with two attached hydrogens (primary N) is 2. The zero-order chi connectivity index (χ0) is 10.4. The molecule has 0 saturated carbocycles. The van der Waals surface area contributed by atoms with Crippen molar-refractivity contribution in [3.8, 4) is 0 Å². The Labute approximate surface area is 81.7 Å². The standard InChI is InChI=1S/C8H16N2.C2H7N/c1-4-7(6(2)3)8-5-10(8)9;1-2-3/h7-8H,2,4-5,9H2,1,3H3;2-3H2,1H3. The normalized spacial score (nSPS) is 27.2. The molecular weight excluding hydrogens is 162 g/mol. The molecule has 0 bridgehead atoms. The molecule has 0 amide bonds. The summed E-state index contributed by atoms with van der Waals surface area (Å²) in [6.45, 7) is 11.9. The smallest absolute Gasteiger partial charge is 0.0448 e. The minimum Gasteiger partial charge on any atom is -0.331 e. The second-order valence-electron chi connectivity index (χ2n) is 3.53. The Kier molecular flexibility index (Phi) is 5.95. The zero-order valence-electron chi connectivity index (χ0n) is 9.09. The van der Waals surface area contributed by atoms with Gasteiger partial charge in [-0.1, -0.05) is 26.0 Å². The predicted octanol–water partition coefficient (Wildman–Crippen LogP) is 1.11. The average molecular weight is 185 g/mol. The van der Waals surface area contributed by atoms with Gasteiger partial charge in [0.05, 0.1) is 0 Å². The van der Waals surface area contributed by atoms with E-state index in [2.05, 4.69) is 20.4 Å². The minimum atomic E-state index is 0.586. The molecule has 0 aromatic heterocycles. The Balaban J connectivity index is 0.000000424. The van der Waals surface area contributed by atoms with Crippen molar-refractivity contribution < 1.29 is 0 Å². The monoisotopic (exact) mass is 185 g/mol. The molecule has 0 aliphatic carbocycles. The Bertz CT molecular complexity index is 156. The molecule has 0 aromatic carbocycles. The molecule has 3 atom stereocenters. The summed E-state index contributed by atoms with van der Waals surface area (Å²) in [4.78, 5) is 0. The third-order valence-electron chi connectivity index (χ3n) is 2.23. The van der Waals surface area contributed by atoms with Gasteiger partial charge in [0.1, 0.15) is 0 Å². The third-order valence-corrected chi connectivity index (χ3v) is 2.23. The maximum absolute atomic E-state index is 5.57. The lowest BCUT2D eigenvalue weighted by molar-refractivity contribution is 0.447. The Morgan fingerprint density at radius 1 is 1.62 bits per heavy atom. The van der Waals surface area contributed by atoms with Gasteiger partial charge < -0.3 is 5.73 Å². The average Bonchev–Trinajstić information content (AvgIpc) is 2.69. The van der Waals surface area contributed by atoms with Crippen LogP contribution in [0.4, 0.5) is 0 Å². The molecule has 1 aliphatic rings. The van der Waals surface area contributed by atoms with E-state index < -0.39 is 0 Å². The van der Waals surface area contributed by atoms with Gasteiger partial charge in [-0.05, 0) is 25.8 Å². The van der Waals surface area contributed by atoms with Crippen molar-refractivity contribution in [2.75, 3.05) is 13.1 Å². The van der Waals surface area contributed by atoms with Crippen molar-refractivity contribution in [3.63, 3.8) is 0 Å². The molecule has 3 heteroatoms. The van der Waals surface area contributed by atoms with Crippen LogP contribution in [0, 0.1) is 5.92 Å². The van der Waals surface area contributed by atoms with Gasteiger partial charge in [-0.15, -0.1) is 0 Å². The molecule has 4 N–H and O–H groups in total. The van der Waals surface area contributed by atoms with Gasteiger partial charge >= 0.3 is 0 Å². The van der Waals surface area contributed by atoms with Crippen LogP contribution in [0.1, 0.15) is 27.2 Å². The Hall–Kier alpha value is -0.380. The summed E-state index contributed by atoms with van der Waals surface area (Å²) < 4.78 is 0. The van der Waals surface area contributed by atoms with E-state index in [-0.39, 0.29) is 0 Å². The summed E-state index contributed by atoms with van der Waals surface area (Å²) in [6.07, 6.45) is 1.16. The van der Waals surface area contributed by atoms with Gasteiger partial charge in [-0.2, -0.15) is 0 Å². The van der Waals surface area contributed by atoms with Crippen LogP contribution in [0.2, 0.25) is 0 Å². The first-order valence-electron chi connectivity index (χ1n) is 4.95. The Morgan fingerprint density at radius 3 is 2.08 bits per heavy atom. The quantitative estimate of drug-likeness (QED) is 0.393. The van der Waals surface area contributed by atoms with E-state index >= 15 is 0 Å². The highest BCUT2D eigenvalue weighted by molar-refractivity contribution is 5.06. The molecule has 1 heterocycles. The van der Waals surface area contributed by atoms with Gasteiger partial charge in [0.25, 0.3) is 0 Å². The zero-order valence-corrected chi connectivity index (χ0v) is 9.09. The SMILES string of the molecule is C=C(C)C(CC)C1CN1N.CCN. The highest BCUT2D eigenvalue weighted by Crippen LogP contribution is 2.28. The van der Waals surface area contributed by atoms with Crippen LogP contribution in [-0.4, -0.2) is 24.1 Å². The summed E-state index contributed by atoms with van der Waals surface area (Å²) in [5.41, 5.74) is 6.11. The summed E-state index contributed by atoms with van der Waals surface area (Å²) in [7, 11) is 0. The van der Waals surface area contributed by atoms with E-state index in [0.29, 0.717) is 12.0 Å². The van der Waals surface area contributed by atoms with Crippen LogP contribution >= 0.6 is 0 Å². The number of hydrogen-bond acceptors (Lipinski definition) is 3. The van der Waals surface area contributed by atoms with Crippen LogP contribution < -0.4 is 11.6 Å². The van der Waals surface area contributed by atoms with Crippen molar-refractivity contribution in [3.05, 3.63) is 12.2 Å². The summed E-state index contributed by atoms with van der Waals surface area (Å²) in [5, 5.41) is 1.88. The van der Waals surface area contributed by atoms with Crippen LogP contribution in [-0.2, 0) is 0 Å². The molecule has 3 unspecified atom stereocenters. The Morgan fingerprint density at radius 2 is 2.00 bits per heavy atom. The topological polar surface area (TPSA) is 55.0 Å². The van der Waals surface area contributed by atoms with Crippen molar-refractivity contribution in [1.29, 1.82) is 0 Å². The van der Waals surface area contributed by atoms with Crippen molar-refractivity contribution >= 4 is 0 Å². The number of hydrazine groups is 1. The fourth-order valence-electron chi connectivity index (χ4n) is 1.48. The summed E-state index contributed by atoms with van der Waals surface area (Å²) >= 11 is 0. The highest BCUT2D eigenvalue weighted by Gasteiger charge is 2.37. The highest BCUT2D eigenvalue weighted by atomic mass is 15.5. The molecule has 1 rings (SSSR count). The van der Waals surface area contributed by atoms with Gasteiger partial charge in [0.2, 0.25) is 0 Å². The fraction of sp³-hybridized carbons (Fsp3) is 0.800. The first kappa shape index (κ1) is 12.6. The van der Waals surface area contributed by atoms with E-state index in [4.69, 9.17) is 11.6 Å². The van der Waals surface area contributed by atoms with E-state index in [1.54, 1.807) is 0 Å². The van der Waals surface area contributed by atoms with Crippen LogP contribution in [0.25, 0.3) is 0 Å². The molecule has 0 spiro atoms. The van der Waals surface area contributed by atoms with E-state index in [1.807, 2.05) is 11.9 Å². The van der Waals surface area contributed by atoms with Gasteiger partial charge in [-0.3, -0.25) is 5.84 Å². The largest absolute Gasteiger partial charge is 0.331 e. The lowest BCUT2D eigenvalue weighted by Crippen LogP contribution is -2.17. The lowest BCUT2D eigenvalue weighted by atomic mass is 9.95. The van der Waals surface area contributed by atoms with E-state index in [0.717, 1.165) is 19.5 Å². The molecule has 1 aliphatic heterocycles. The van der Waals surface area contributed by atoms with Crippen LogP contribution in [0.15, 0.2) is 12.2 Å². The second kappa shape index (κ2) is 6.13. The maximum atomic E-state index is 5.57. The van der Waals surface area contributed by atoms with Gasteiger partial charge in [-0.25, -0.2) is 5.01 Å². The first-order valence-corrected chi connectivity index (χ1v) is 4.95. The van der Waals surface area contributed by atoms with Gasteiger partial charge in [0, 0.05) is 12.6 Å². The molecular formula is C10H23N3. The number of nitrogens with zero attached hydrogens (tertiary/aromatic N) is 1. The molecule has 0 radical (unpaired) electrons. The fourth-order valence-corrected chi connectivity index (χ4v) is 1.48. The molecule has 13 heavy (non-hydrogen) atoms. The molecule has 1 fully saturated rings. The predicted molar refractivity (Wildman–Crippen MR) is 58.0 cm³/mol. The summed E-state index contributed by atoms with van der Waals surface area (Å²) in [6, 6.07) is 0.586. The third kappa shape index (κ3) is 4.41. The maximum Gasteiger partial charge on any atom is 0.0448 e. The van der Waals surface area contributed by atoms with Crippen molar-refractivity contribution in [1.82, 2.24) is 5.01 Å².